The third-order valence-electron chi connectivity index (χ3n) is 9.65. The van der Waals surface area contributed by atoms with Crippen LogP contribution in [0, 0.1) is 40.4 Å². The minimum atomic E-state index is 0.401. The molecule has 0 bridgehead atoms. The Balaban J connectivity index is 1.61. The van der Waals surface area contributed by atoms with Crippen molar-refractivity contribution < 1.29 is 4.57 Å². The normalized spacial score (nSPS) is 49.1. The highest BCUT2D eigenvalue weighted by molar-refractivity contribution is 7.24. The van der Waals surface area contributed by atoms with Gasteiger partial charge in [-0.15, -0.1) is 0 Å². The molecule has 0 heterocycles. The van der Waals surface area contributed by atoms with E-state index >= 15 is 0 Å². The second-order valence-corrected chi connectivity index (χ2v) is 11.7. The Morgan fingerprint density at radius 2 is 2.00 bits per heavy atom. The zero-order chi connectivity index (χ0) is 18.5. The van der Waals surface area contributed by atoms with Gasteiger partial charge >= 0.3 is 0 Å². The van der Waals surface area contributed by atoms with Crippen LogP contribution in [0.2, 0.25) is 0 Å². The molecule has 0 aromatic carbocycles. The molecule has 4 aliphatic carbocycles. The number of allylic oxidation sites excluding steroid dienone is 2. The summed E-state index contributed by atoms with van der Waals surface area (Å²) in [5.41, 5.74) is 3.25. The molecular formula is C24H39OP. The van der Waals surface area contributed by atoms with Gasteiger partial charge in [0, 0.05) is 5.66 Å². The van der Waals surface area contributed by atoms with Crippen molar-refractivity contribution in [2.24, 2.45) is 40.4 Å². The lowest BCUT2D eigenvalue weighted by Crippen LogP contribution is -2.48. The first-order chi connectivity index (χ1) is 12.4. The van der Waals surface area contributed by atoms with Gasteiger partial charge in [-0.1, -0.05) is 52.2 Å². The summed E-state index contributed by atoms with van der Waals surface area (Å²) in [7, 11) is 0.401. The lowest BCUT2D eigenvalue weighted by molar-refractivity contribution is 0.0205. The number of rotatable bonds is 4. The quantitative estimate of drug-likeness (QED) is 0.364. The molecule has 0 aliphatic heterocycles. The van der Waals surface area contributed by atoms with E-state index in [0.29, 0.717) is 24.9 Å². The summed E-state index contributed by atoms with van der Waals surface area (Å²) in [5, 5.41) is 0. The van der Waals surface area contributed by atoms with Crippen LogP contribution < -0.4 is 0 Å². The summed E-state index contributed by atoms with van der Waals surface area (Å²) < 4.78 is 11.4. The third kappa shape index (κ3) is 2.78. The Morgan fingerprint density at radius 3 is 2.73 bits per heavy atom. The molecule has 4 unspecified atom stereocenters. The summed E-state index contributed by atoms with van der Waals surface area (Å²) in [4.78, 5) is 0. The smallest absolute Gasteiger partial charge is 0.158 e. The highest BCUT2D eigenvalue weighted by Gasteiger charge is 2.57. The number of hydrogen-bond acceptors (Lipinski definition) is 1. The number of fused-ring (bicyclic) bond motifs is 5. The maximum Gasteiger partial charge on any atom is 0.158 e. The van der Waals surface area contributed by atoms with Gasteiger partial charge in [-0.2, -0.15) is 0 Å². The van der Waals surface area contributed by atoms with E-state index in [-0.39, 0.29) is 0 Å². The fourth-order valence-corrected chi connectivity index (χ4v) is 8.80. The van der Waals surface area contributed by atoms with Crippen molar-refractivity contribution in [3.05, 3.63) is 11.6 Å². The molecule has 3 fully saturated rings. The Hall–Kier alpha value is -0.160. The fraction of sp³-hybridized carbons (Fsp3) is 0.917. The molecule has 2 heteroatoms. The van der Waals surface area contributed by atoms with Gasteiger partial charge in [0.1, 0.15) is 0 Å². The SMILES string of the molecule is CCC[C@@H](C)C1CCC2C3CCC4C[C@H](P=O)CC[C@]4(C)C3=CC[C@@]21C. The summed E-state index contributed by atoms with van der Waals surface area (Å²) in [5.74, 6) is 4.40. The summed E-state index contributed by atoms with van der Waals surface area (Å²) >= 11 is 0. The molecule has 4 rings (SSSR count). The van der Waals surface area contributed by atoms with Crippen LogP contribution in [0.1, 0.15) is 91.9 Å². The van der Waals surface area contributed by atoms with Crippen LogP contribution in [0.15, 0.2) is 11.6 Å². The van der Waals surface area contributed by atoms with E-state index < -0.39 is 0 Å². The molecule has 3 saturated carbocycles. The van der Waals surface area contributed by atoms with Gasteiger partial charge in [-0.05, 0) is 91.8 Å². The molecular weight excluding hydrogens is 335 g/mol. The van der Waals surface area contributed by atoms with Crippen LogP contribution in [0.25, 0.3) is 0 Å². The average Bonchev–Trinajstić information content (AvgIpc) is 2.98. The van der Waals surface area contributed by atoms with Gasteiger partial charge < -0.3 is 0 Å². The molecule has 4 aliphatic rings. The first kappa shape index (κ1) is 19.2. The predicted molar refractivity (Wildman–Crippen MR) is 111 cm³/mol. The molecule has 8 atom stereocenters. The standard InChI is InChI=1S/C24H39OP/c1-5-6-16(2)20-9-10-21-19-8-7-17-15-18(26-25)11-13-23(17,3)22(19)12-14-24(20,21)4/h12,16-21H,5-11,13-15H2,1-4H3/t16-,17?,18-,19?,20?,21?,23+,24-/m1/s1. The van der Waals surface area contributed by atoms with Crippen molar-refractivity contribution >= 4 is 8.46 Å². The zero-order valence-corrected chi connectivity index (χ0v) is 18.4. The molecule has 26 heavy (non-hydrogen) atoms. The van der Waals surface area contributed by atoms with Gasteiger partial charge in [0.25, 0.3) is 0 Å². The van der Waals surface area contributed by atoms with Crippen LogP contribution in [-0.2, 0) is 4.57 Å². The monoisotopic (exact) mass is 374 g/mol. The topological polar surface area (TPSA) is 17.1 Å². The van der Waals surface area contributed by atoms with E-state index in [4.69, 9.17) is 0 Å². The van der Waals surface area contributed by atoms with Crippen molar-refractivity contribution in [2.45, 2.75) is 97.6 Å². The molecule has 0 spiro atoms. The van der Waals surface area contributed by atoms with Crippen molar-refractivity contribution in [3.63, 3.8) is 0 Å². The second-order valence-electron chi connectivity index (χ2n) is 10.8. The van der Waals surface area contributed by atoms with Crippen molar-refractivity contribution in [3.8, 4) is 0 Å². The van der Waals surface area contributed by atoms with Gasteiger partial charge in [0.15, 0.2) is 8.46 Å². The van der Waals surface area contributed by atoms with Gasteiger partial charge in [0.2, 0.25) is 0 Å². The molecule has 1 nitrogen and oxygen atoms in total. The summed E-state index contributed by atoms with van der Waals surface area (Å²) in [6.07, 6.45) is 16.2. The Morgan fingerprint density at radius 1 is 1.19 bits per heavy atom. The fourth-order valence-electron chi connectivity index (χ4n) is 8.23. The van der Waals surface area contributed by atoms with E-state index in [1.54, 1.807) is 0 Å². The molecule has 146 valence electrons. The Labute approximate surface area is 163 Å². The van der Waals surface area contributed by atoms with E-state index in [9.17, 15) is 4.57 Å². The first-order valence-electron chi connectivity index (χ1n) is 11.5. The Kier molecular flexibility index (Phi) is 5.18. The summed E-state index contributed by atoms with van der Waals surface area (Å²) in [6.45, 7) is 10.1. The molecule has 0 amide bonds. The molecule has 0 N–H and O–H groups in total. The summed E-state index contributed by atoms with van der Waals surface area (Å²) in [6, 6.07) is 0. The Bertz CT molecular complexity index is 583. The molecule has 0 aromatic heterocycles. The predicted octanol–water partition coefficient (Wildman–Crippen LogP) is 7.66. The van der Waals surface area contributed by atoms with Crippen molar-refractivity contribution in [2.75, 3.05) is 0 Å². The van der Waals surface area contributed by atoms with Crippen molar-refractivity contribution in [1.82, 2.24) is 0 Å². The van der Waals surface area contributed by atoms with Crippen LogP contribution in [0.3, 0.4) is 0 Å². The van der Waals surface area contributed by atoms with Crippen LogP contribution >= 0.6 is 8.46 Å². The zero-order valence-electron chi connectivity index (χ0n) is 17.5. The van der Waals surface area contributed by atoms with E-state index in [2.05, 4.69) is 33.8 Å². The highest BCUT2D eigenvalue weighted by Crippen LogP contribution is 2.66. The lowest BCUT2D eigenvalue weighted by atomic mass is 9.48. The van der Waals surface area contributed by atoms with Crippen LogP contribution in [0.5, 0.6) is 0 Å². The minimum Gasteiger partial charge on any atom is -0.275 e. The molecule has 0 radical (unpaired) electrons. The van der Waals surface area contributed by atoms with E-state index in [0.717, 1.165) is 29.6 Å². The van der Waals surface area contributed by atoms with Gasteiger partial charge in [0.05, 0.1) is 0 Å². The molecule has 0 saturated heterocycles. The number of hydrogen-bond donors (Lipinski definition) is 0. The first-order valence-corrected chi connectivity index (χ1v) is 12.3. The lowest BCUT2D eigenvalue weighted by Gasteiger charge is -2.57. The van der Waals surface area contributed by atoms with Crippen molar-refractivity contribution in [1.29, 1.82) is 0 Å². The average molecular weight is 375 g/mol. The highest BCUT2D eigenvalue weighted by atomic mass is 31.1. The largest absolute Gasteiger partial charge is 0.275 e. The maximum atomic E-state index is 11.4. The minimum absolute atomic E-state index is 0.401. The van der Waals surface area contributed by atoms with Gasteiger partial charge in [-0.3, -0.25) is 4.57 Å². The van der Waals surface area contributed by atoms with Crippen LogP contribution in [0.4, 0.5) is 0 Å². The van der Waals surface area contributed by atoms with Gasteiger partial charge in [-0.25, -0.2) is 0 Å². The molecule has 0 aromatic rings. The maximum absolute atomic E-state index is 11.4. The third-order valence-corrected chi connectivity index (χ3v) is 10.4. The van der Waals surface area contributed by atoms with E-state index in [1.165, 1.54) is 64.2 Å². The second kappa shape index (κ2) is 7.02. The van der Waals surface area contributed by atoms with E-state index in [1.807, 2.05) is 5.57 Å². The van der Waals surface area contributed by atoms with Crippen LogP contribution in [-0.4, -0.2) is 5.66 Å².